The molecular formula is C17H30O2. The predicted octanol–water partition coefficient (Wildman–Crippen LogP) is 4.59. The van der Waals surface area contributed by atoms with Crippen LogP contribution < -0.4 is 0 Å². The van der Waals surface area contributed by atoms with Crippen LogP contribution in [0.4, 0.5) is 0 Å². The highest BCUT2D eigenvalue weighted by molar-refractivity contribution is 5.82. The molecule has 0 spiro atoms. The van der Waals surface area contributed by atoms with E-state index in [1.165, 1.54) is 12.7 Å². The summed E-state index contributed by atoms with van der Waals surface area (Å²) in [5.74, 6) is -0.127. The molecule has 0 fully saturated rings. The minimum atomic E-state index is -0.579. The van der Waals surface area contributed by atoms with E-state index in [4.69, 9.17) is 4.74 Å². The zero-order valence-corrected chi connectivity index (χ0v) is 14.3. The summed E-state index contributed by atoms with van der Waals surface area (Å²) in [5, 5.41) is 0. The monoisotopic (exact) mass is 266 g/mol. The predicted molar refractivity (Wildman–Crippen MR) is 79.8 cm³/mol. The second kappa shape index (κ2) is 4.10. The standard InChI is InChI=1S/C17H30O2/c1-11-12(2)17(9,13(18)19-10)16(7,8)15(5,6)14(11,3)4/h1-10H3. The molecule has 1 unspecified atom stereocenters. The largest absolute Gasteiger partial charge is 0.468 e. The SMILES string of the molecule is COC(=O)C1(C)C(C)=C(C)C(C)(C)C(C)(C)C1(C)C. The van der Waals surface area contributed by atoms with Crippen molar-refractivity contribution >= 4 is 5.97 Å². The van der Waals surface area contributed by atoms with Gasteiger partial charge in [0.25, 0.3) is 0 Å². The van der Waals surface area contributed by atoms with Gasteiger partial charge in [0, 0.05) is 0 Å². The highest BCUT2D eigenvalue weighted by atomic mass is 16.5. The third-order valence-corrected chi connectivity index (χ3v) is 7.22. The van der Waals surface area contributed by atoms with Gasteiger partial charge in [0.15, 0.2) is 0 Å². The van der Waals surface area contributed by atoms with E-state index in [0.717, 1.165) is 5.57 Å². The van der Waals surface area contributed by atoms with Crippen LogP contribution in [0.1, 0.15) is 62.3 Å². The fourth-order valence-electron chi connectivity index (χ4n) is 3.80. The molecule has 1 atom stereocenters. The van der Waals surface area contributed by atoms with Crippen molar-refractivity contribution in [1.29, 1.82) is 0 Å². The summed E-state index contributed by atoms with van der Waals surface area (Å²) in [6, 6.07) is 0. The summed E-state index contributed by atoms with van der Waals surface area (Å²) in [6.45, 7) is 19.8. The van der Waals surface area contributed by atoms with Crippen LogP contribution in [0.15, 0.2) is 11.1 Å². The molecule has 1 aliphatic carbocycles. The first-order valence-corrected chi connectivity index (χ1v) is 7.07. The Hall–Kier alpha value is -0.790. The van der Waals surface area contributed by atoms with Gasteiger partial charge in [-0.25, -0.2) is 0 Å². The number of carbonyl (C=O) groups excluding carboxylic acids is 1. The van der Waals surface area contributed by atoms with Gasteiger partial charge in [0.1, 0.15) is 0 Å². The number of methoxy groups -OCH3 is 1. The van der Waals surface area contributed by atoms with Crippen molar-refractivity contribution in [2.45, 2.75) is 62.3 Å². The zero-order chi connectivity index (χ0) is 15.4. The van der Waals surface area contributed by atoms with Crippen LogP contribution >= 0.6 is 0 Å². The summed E-state index contributed by atoms with van der Waals surface area (Å²) in [6.07, 6.45) is 0. The van der Waals surface area contributed by atoms with Gasteiger partial charge in [-0.3, -0.25) is 4.79 Å². The van der Waals surface area contributed by atoms with Crippen molar-refractivity contribution in [2.75, 3.05) is 7.11 Å². The van der Waals surface area contributed by atoms with E-state index in [0.29, 0.717) is 0 Å². The van der Waals surface area contributed by atoms with E-state index >= 15 is 0 Å². The normalized spacial score (nSPS) is 32.1. The molecule has 0 N–H and O–H groups in total. The lowest BCUT2D eigenvalue weighted by molar-refractivity contribution is -0.170. The van der Waals surface area contributed by atoms with Gasteiger partial charge in [0.2, 0.25) is 0 Å². The van der Waals surface area contributed by atoms with Crippen molar-refractivity contribution in [2.24, 2.45) is 21.7 Å². The number of hydrogen-bond donors (Lipinski definition) is 0. The second-order valence-electron chi connectivity index (χ2n) is 7.74. The van der Waals surface area contributed by atoms with Crippen molar-refractivity contribution in [1.82, 2.24) is 0 Å². The molecule has 0 heterocycles. The number of rotatable bonds is 1. The number of ether oxygens (including phenoxy) is 1. The molecule has 2 nitrogen and oxygen atoms in total. The van der Waals surface area contributed by atoms with E-state index in [-0.39, 0.29) is 22.2 Å². The van der Waals surface area contributed by atoms with Crippen molar-refractivity contribution in [3.8, 4) is 0 Å². The van der Waals surface area contributed by atoms with E-state index in [2.05, 4.69) is 55.4 Å². The molecule has 2 heteroatoms. The zero-order valence-electron chi connectivity index (χ0n) is 14.3. The lowest BCUT2D eigenvalue weighted by Crippen LogP contribution is -2.60. The van der Waals surface area contributed by atoms with Crippen LogP contribution in [0.2, 0.25) is 0 Å². The fraction of sp³-hybridized carbons (Fsp3) is 0.824. The molecule has 0 aliphatic heterocycles. The maximum Gasteiger partial charge on any atom is 0.316 e. The third kappa shape index (κ3) is 1.58. The van der Waals surface area contributed by atoms with Gasteiger partial charge in [-0.15, -0.1) is 0 Å². The van der Waals surface area contributed by atoms with Gasteiger partial charge in [-0.05, 0) is 37.0 Å². The lowest BCUT2D eigenvalue weighted by Gasteiger charge is -2.63. The molecular weight excluding hydrogens is 236 g/mol. The topological polar surface area (TPSA) is 26.3 Å². The van der Waals surface area contributed by atoms with Gasteiger partial charge in [0.05, 0.1) is 12.5 Å². The third-order valence-electron chi connectivity index (χ3n) is 7.22. The van der Waals surface area contributed by atoms with Crippen LogP contribution in [0.5, 0.6) is 0 Å². The summed E-state index contributed by atoms with van der Waals surface area (Å²) < 4.78 is 5.14. The fourth-order valence-corrected chi connectivity index (χ4v) is 3.80. The minimum absolute atomic E-state index is 0.0213. The first kappa shape index (κ1) is 16.3. The van der Waals surface area contributed by atoms with Gasteiger partial charge < -0.3 is 4.74 Å². The Balaban J connectivity index is 3.77. The first-order valence-electron chi connectivity index (χ1n) is 7.07. The number of esters is 1. The van der Waals surface area contributed by atoms with Crippen LogP contribution in [-0.4, -0.2) is 13.1 Å². The average molecular weight is 266 g/mol. The number of allylic oxidation sites excluding steroid dienone is 1. The Bertz CT molecular complexity index is 438. The van der Waals surface area contributed by atoms with Crippen molar-refractivity contribution < 1.29 is 9.53 Å². The Morgan fingerprint density at radius 1 is 0.842 bits per heavy atom. The molecule has 0 radical (unpaired) electrons. The smallest absolute Gasteiger partial charge is 0.316 e. The van der Waals surface area contributed by atoms with Gasteiger partial charge in [-0.2, -0.15) is 0 Å². The van der Waals surface area contributed by atoms with Crippen LogP contribution in [0.3, 0.4) is 0 Å². The maximum absolute atomic E-state index is 12.5. The van der Waals surface area contributed by atoms with E-state index in [1.807, 2.05) is 6.92 Å². The maximum atomic E-state index is 12.5. The van der Waals surface area contributed by atoms with E-state index < -0.39 is 5.41 Å². The van der Waals surface area contributed by atoms with Gasteiger partial charge >= 0.3 is 5.97 Å². The van der Waals surface area contributed by atoms with Crippen molar-refractivity contribution in [3.63, 3.8) is 0 Å². The van der Waals surface area contributed by atoms with Crippen LogP contribution in [-0.2, 0) is 9.53 Å². The highest BCUT2D eigenvalue weighted by Gasteiger charge is 2.64. The Morgan fingerprint density at radius 3 is 1.63 bits per heavy atom. The minimum Gasteiger partial charge on any atom is -0.468 e. The lowest BCUT2D eigenvalue weighted by atomic mass is 9.40. The number of carbonyl (C=O) groups is 1. The molecule has 0 amide bonds. The summed E-state index contributed by atoms with van der Waals surface area (Å²) >= 11 is 0. The Morgan fingerprint density at radius 2 is 1.26 bits per heavy atom. The Labute approximate surface area is 118 Å². The van der Waals surface area contributed by atoms with Crippen LogP contribution in [0.25, 0.3) is 0 Å². The first-order chi connectivity index (χ1) is 8.30. The van der Waals surface area contributed by atoms with Gasteiger partial charge in [-0.1, -0.05) is 52.7 Å². The summed E-state index contributed by atoms with van der Waals surface area (Å²) in [5.41, 5.74) is 1.73. The van der Waals surface area contributed by atoms with Crippen LogP contribution in [0, 0.1) is 21.7 Å². The molecule has 0 saturated carbocycles. The second-order valence-corrected chi connectivity index (χ2v) is 7.74. The number of hydrogen-bond acceptors (Lipinski definition) is 2. The van der Waals surface area contributed by atoms with Crippen molar-refractivity contribution in [3.05, 3.63) is 11.1 Å². The molecule has 0 aromatic rings. The average Bonchev–Trinajstić information content (AvgIpc) is 2.32. The molecule has 110 valence electrons. The molecule has 0 bridgehead atoms. The van der Waals surface area contributed by atoms with E-state index in [1.54, 1.807) is 0 Å². The molecule has 19 heavy (non-hydrogen) atoms. The Kier molecular flexibility index (Phi) is 3.51. The molecule has 0 aromatic heterocycles. The van der Waals surface area contributed by atoms with E-state index in [9.17, 15) is 4.79 Å². The summed E-state index contributed by atoms with van der Waals surface area (Å²) in [4.78, 5) is 12.5. The quantitative estimate of drug-likeness (QED) is 0.512. The molecule has 0 aromatic carbocycles. The molecule has 1 aliphatic rings. The molecule has 1 rings (SSSR count). The highest BCUT2D eigenvalue weighted by Crippen LogP contribution is 2.68. The molecule has 0 saturated heterocycles. The summed E-state index contributed by atoms with van der Waals surface area (Å²) in [7, 11) is 1.49.